The lowest BCUT2D eigenvalue weighted by Gasteiger charge is -2.28. The molecule has 0 aromatic rings. The molecule has 0 spiro atoms. The number of rotatable bonds is 6. The number of alkyl halides is 2. The van der Waals surface area contributed by atoms with Crippen molar-refractivity contribution in [3.63, 3.8) is 0 Å². The van der Waals surface area contributed by atoms with E-state index >= 15 is 0 Å². The van der Waals surface area contributed by atoms with Crippen molar-refractivity contribution in [2.45, 2.75) is 32.1 Å². The van der Waals surface area contributed by atoms with E-state index in [1.807, 2.05) is 0 Å². The summed E-state index contributed by atoms with van der Waals surface area (Å²) < 4.78 is 0. The molecule has 1 rings (SSSR count). The number of hydrogen-bond acceptors (Lipinski definition) is 1. The van der Waals surface area contributed by atoms with Crippen molar-refractivity contribution >= 4 is 23.2 Å². The van der Waals surface area contributed by atoms with E-state index in [0.29, 0.717) is 0 Å². The van der Waals surface area contributed by atoms with E-state index < -0.39 is 0 Å². The van der Waals surface area contributed by atoms with Crippen LogP contribution in [0.1, 0.15) is 32.1 Å². The highest BCUT2D eigenvalue weighted by Crippen LogP contribution is 2.24. The third-order valence-corrected chi connectivity index (χ3v) is 3.38. The van der Waals surface area contributed by atoms with E-state index in [1.165, 1.54) is 38.6 Å². The molecule has 1 aliphatic carbocycles. The Morgan fingerprint density at radius 1 is 0.929 bits per heavy atom. The quantitative estimate of drug-likeness (QED) is 0.641. The molecule has 0 N–H and O–H groups in total. The normalized spacial score (nSPS) is 19.1. The molecule has 0 aromatic carbocycles. The van der Waals surface area contributed by atoms with E-state index in [0.717, 1.165) is 30.8 Å². The van der Waals surface area contributed by atoms with Crippen LogP contribution in [0, 0.1) is 5.92 Å². The van der Waals surface area contributed by atoms with Gasteiger partial charge in [-0.1, -0.05) is 19.3 Å². The molecular formula is C11H21Cl2N. The van der Waals surface area contributed by atoms with Crippen LogP contribution in [0.2, 0.25) is 0 Å². The lowest BCUT2D eigenvalue weighted by Crippen LogP contribution is -2.33. The van der Waals surface area contributed by atoms with Gasteiger partial charge in [0.1, 0.15) is 0 Å². The largest absolute Gasteiger partial charge is 0.301 e. The van der Waals surface area contributed by atoms with Gasteiger partial charge in [0.2, 0.25) is 0 Å². The van der Waals surface area contributed by atoms with Gasteiger partial charge in [-0.3, -0.25) is 0 Å². The van der Waals surface area contributed by atoms with E-state index in [2.05, 4.69) is 4.90 Å². The highest BCUT2D eigenvalue weighted by Gasteiger charge is 2.16. The third-order valence-electron chi connectivity index (χ3n) is 3.04. The first-order valence-corrected chi connectivity index (χ1v) is 6.78. The summed E-state index contributed by atoms with van der Waals surface area (Å²) in [4.78, 5) is 2.41. The van der Waals surface area contributed by atoms with Crippen LogP contribution < -0.4 is 0 Å². The molecular weight excluding hydrogens is 217 g/mol. The first kappa shape index (κ1) is 12.6. The molecule has 0 saturated heterocycles. The zero-order valence-corrected chi connectivity index (χ0v) is 10.4. The van der Waals surface area contributed by atoms with E-state index in [9.17, 15) is 0 Å². The van der Waals surface area contributed by atoms with Crippen molar-refractivity contribution in [3.05, 3.63) is 0 Å². The van der Waals surface area contributed by atoms with Gasteiger partial charge < -0.3 is 4.90 Å². The van der Waals surface area contributed by atoms with Crippen molar-refractivity contribution in [3.8, 4) is 0 Å². The Bertz CT molecular complexity index is 129. The molecule has 84 valence electrons. The molecule has 1 fully saturated rings. The minimum Gasteiger partial charge on any atom is -0.301 e. The van der Waals surface area contributed by atoms with E-state index in [1.54, 1.807) is 0 Å². The summed E-state index contributed by atoms with van der Waals surface area (Å²) in [6.07, 6.45) is 7.07. The Morgan fingerprint density at radius 3 is 2.00 bits per heavy atom. The minimum absolute atomic E-state index is 0.726. The summed E-state index contributed by atoms with van der Waals surface area (Å²) in [6.45, 7) is 3.19. The predicted octanol–water partition coefficient (Wildman–Crippen LogP) is 3.35. The number of hydrogen-bond donors (Lipinski definition) is 0. The van der Waals surface area contributed by atoms with Crippen molar-refractivity contribution in [2.75, 3.05) is 31.4 Å². The van der Waals surface area contributed by atoms with Gasteiger partial charge in [-0.05, 0) is 18.8 Å². The lowest BCUT2D eigenvalue weighted by molar-refractivity contribution is 0.218. The number of halogens is 2. The van der Waals surface area contributed by atoms with Crippen LogP contribution in [0.4, 0.5) is 0 Å². The second-order valence-electron chi connectivity index (χ2n) is 4.18. The summed E-state index contributed by atoms with van der Waals surface area (Å²) in [5.41, 5.74) is 0. The van der Waals surface area contributed by atoms with Gasteiger partial charge >= 0.3 is 0 Å². The van der Waals surface area contributed by atoms with Crippen molar-refractivity contribution in [1.29, 1.82) is 0 Å². The van der Waals surface area contributed by atoms with Crippen LogP contribution in [0.5, 0.6) is 0 Å². The fourth-order valence-corrected chi connectivity index (χ4v) is 2.75. The molecule has 1 saturated carbocycles. The average molecular weight is 238 g/mol. The Labute approximate surface area is 97.7 Å². The molecule has 14 heavy (non-hydrogen) atoms. The first-order chi connectivity index (χ1) is 6.86. The number of nitrogens with zero attached hydrogens (tertiary/aromatic N) is 1. The smallest absolute Gasteiger partial charge is 0.0351 e. The van der Waals surface area contributed by atoms with Gasteiger partial charge in [-0.15, -0.1) is 23.2 Å². The van der Waals surface area contributed by atoms with Crippen molar-refractivity contribution in [1.82, 2.24) is 4.90 Å². The maximum Gasteiger partial charge on any atom is 0.0351 e. The van der Waals surface area contributed by atoms with Crippen molar-refractivity contribution < 1.29 is 0 Å². The summed E-state index contributed by atoms with van der Waals surface area (Å²) in [6, 6.07) is 0. The summed E-state index contributed by atoms with van der Waals surface area (Å²) in [7, 11) is 0. The molecule has 0 amide bonds. The summed E-state index contributed by atoms with van der Waals surface area (Å²) in [5.74, 6) is 2.35. The van der Waals surface area contributed by atoms with Crippen LogP contribution in [0.25, 0.3) is 0 Å². The molecule has 0 aromatic heterocycles. The average Bonchev–Trinajstić information content (AvgIpc) is 2.20. The Kier molecular flexibility index (Phi) is 7.01. The fourth-order valence-electron chi connectivity index (χ4n) is 2.27. The zero-order valence-electron chi connectivity index (χ0n) is 8.85. The topological polar surface area (TPSA) is 3.24 Å². The molecule has 0 aliphatic heterocycles. The second-order valence-corrected chi connectivity index (χ2v) is 4.94. The molecule has 3 heteroatoms. The van der Waals surface area contributed by atoms with Gasteiger partial charge in [-0.2, -0.15) is 0 Å². The molecule has 0 bridgehead atoms. The SMILES string of the molecule is ClCCN(CCCl)CC1CCCCC1. The fraction of sp³-hybridized carbons (Fsp3) is 1.00. The standard InChI is InChI=1S/C11H21Cl2N/c12-6-8-14(9-7-13)10-11-4-2-1-3-5-11/h11H,1-10H2. The van der Waals surface area contributed by atoms with Gasteiger partial charge in [0.05, 0.1) is 0 Å². The van der Waals surface area contributed by atoms with Gasteiger partial charge in [0.25, 0.3) is 0 Å². The van der Waals surface area contributed by atoms with E-state index in [-0.39, 0.29) is 0 Å². The highest BCUT2D eigenvalue weighted by molar-refractivity contribution is 6.18. The summed E-state index contributed by atoms with van der Waals surface area (Å²) >= 11 is 11.5. The molecule has 0 unspecified atom stereocenters. The van der Waals surface area contributed by atoms with Crippen LogP contribution in [-0.4, -0.2) is 36.3 Å². The molecule has 1 nitrogen and oxygen atoms in total. The molecule has 0 radical (unpaired) electrons. The monoisotopic (exact) mass is 237 g/mol. The van der Waals surface area contributed by atoms with Crippen LogP contribution >= 0.6 is 23.2 Å². The maximum atomic E-state index is 5.76. The molecule has 0 atom stereocenters. The van der Waals surface area contributed by atoms with E-state index in [4.69, 9.17) is 23.2 Å². The van der Waals surface area contributed by atoms with Gasteiger partial charge in [0.15, 0.2) is 0 Å². The van der Waals surface area contributed by atoms with Crippen LogP contribution in [-0.2, 0) is 0 Å². The van der Waals surface area contributed by atoms with Crippen molar-refractivity contribution in [2.24, 2.45) is 5.92 Å². The molecule has 0 heterocycles. The van der Waals surface area contributed by atoms with Gasteiger partial charge in [0, 0.05) is 31.4 Å². The second kappa shape index (κ2) is 7.78. The first-order valence-electron chi connectivity index (χ1n) is 5.71. The van der Waals surface area contributed by atoms with Gasteiger partial charge in [-0.25, -0.2) is 0 Å². The molecule has 1 aliphatic rings. The zero-order chi connectivity index (χ0) is 10.2. The predicted molar refractivity (Wildman–Crippen MR) is 64.5 cm³/mol. The summed E-state index contributed by atoms with van der Waals surface area (Å²) in [5, 5.41) is 0. The van der Waals surface area contributed by atoms with Crippen LogP contribution in [0.3, 0.4) is 0 Å². The Balaban J connectivity index is 2.21. The Morgan fingerprint density at radius 2 is 1.50 bits per heavy atom. The lowest BCUT2D eigenvalue weighted by atomic mass is 9.89. The maximum absolute atomic E-state index is 5.76. The third kappa shape index (κ3) is 4.86. The highest BCUT2D eigenvalue weighted by atomic mass is 35.5. The Hall–Kier alpha value is 0.540. The minimum atomic E-state index is 0.726. The van der Waals surface area contributed by atoms with Crippen LogP contribution in [0.15, 0.2) is 0 Å².